The van der Waals surface area contributed by atoms with Crippen molar-refractivity contribution < 1.29 is 27.5 Å². The van der Waals surface area contributed by atoms with E-state index in [1.54, 1.807) is 7.05 Å². The van der Waals surface area contributed by atoms with Gasteiger partial charge in [0.15, 0.2) is 5.69 Å². The fourth-order valence-electron chi connectivity index (χ4n) is 5.76. The number of hydrogen-bond donors (Lipinski definition) is 4. The van der Waals surface area contributed by atoms with Crippen molar-refractivity contribution in [1.82, 2.24) is 20.0 Å². The lowest BCUT2D eigenvalue weighted by atomic mass is 9.89. The number of aromatic amines is 1. The fourth-order valence-corrected chi connectivity index (χ4v) is 6.71. The number of nitrogens with one attached hydrogen (secondary N) is 2. The van der Waals surface area contributed by atoms with Crippen molar-refractivity contribution in [2.75, 3.05) is 11.1 Å². The first-order chi connectivity index (χ1) is 17.3. The summed E-state index contributed by atoms with van der Waals surface area (Å²) in [5.41, 5.74) is 4.61. The summed E-state index contributed by atoms with van der Waals surface area (Å²) in [7, 11) is 1.62. The largest absolute Gasteiger partial charge is 0.436 e. The normalized spacial score (nSPS) is 25.5. The molecule has 1 amide bonds. The first kappa shape index (κ1) is 26.0. The van der Waals surface area contributed by atoms with Crippen LogP contribution in [0.4, 0.5) is 29.1 Å². The molecule has 2 fully saturated rings. The molecule has 5 rings (SSSR count). The van der Waals surface area contributed by atoms with E-state index in [9.17, 15) is 27.5 Å². The SMILES string of the molecule is Cn1nc(C2CC3CC(O)(c4[nH]nc(C(F)(F)F)c4Br)CC3C2)c(C(=O)Nc2ccc(F)c(Cl)c2)c1N. The van der Waals surface area contributed by atoms with E-state index in [0.29, 0.717) is 24.2 Å². The van der Waals surface area contributed by atoms with Gasteiger partial charge in [0.05, 0.1) is 20.9 Å². The lowest BCUT2D eigenvalue weighted by Crippen LogP contribution is -2.24. The first-order valence-corrected chi connectivity index (χ1v) is 12.6. The van der Waals surface area contributed by atoms with Gasteiger partial charge in [0, 0.05) is 18.7 Å². The van der Waals surface area contributed by atoms with Crippen LogP contribution >= 0.6 is 27.5 Å². The molecule has 14 heteroatoms. The summed E-state index contributed by atoms with van der Waals surface area (Å²) >= 11 is 8.77. The van der Waals surface area contributed by atoms with Crippen molar-refractivity contribution in [2.24, 2.45) is 18.9 Å². The third-order valence-corrected chi connectivity index (χ3v) is 8.45. The van der Waals surface area contributed by atoms with Gasteiger partial charge in [-0.2, -0.15) is 23.4 Å². The van der Waals surface area contributed by atoms with Crippen LogP contribution in [-0.4, -0.2) is 31.0 Å². The number of H-pyrrole nitrogens is 1. The zero-order valence-corrected chi connectivity index (χ0v) is 21.7. The Kier molecular flexibility index (Phi) is 6.31. The highest BCUT2D eigenvalue weighted by atomic mass is 79.9. The maximum atomic E-state index is 13.5. The van der Waals surface area contributed by atoms with Crippen LogP contribution in [-0.2, 0) is 18.8 Å². The highest BCUT2D eigenvalue weighted by molar-refractivity contribution is 9.10. The second kappa shape index (κ2) is 8.98. The minimum absolute atomic E-state index is 0.00502. The second-order valence-corrected chi connectivity index (χ2v) is 10.9. The molecule has 0 saturated heterocycles. The maximum absolute atomic E-state index is 13.5. The number of aromatic nitrogens is 4. The Hall–Kier alpha value is -2.64. The van der Waals surface area contributed by atoms with Gasteiger partial charge >= 0.3 is 6.18 Å². The molecule has 1 aromatic carbocycles. The molecule has 2 aliphatic carbocycles. The molecule has 8 nitrogen and oxygen atoms in total. The van der Waals surface area contributed by atoms with E-state index >= 15 is 0 Å². The van der Waals surface area contributed by atoms with Gasteiger partial charge in [-0.3, -0.25) is 14.6 Å². The Bertz CT molecular complexity index is 1380. The molecule has 5 N–H and O–H groups in total. The number of rotatable bonds is 4. The minimum Gasteiger partial charge on any atom is -0.384 e. The van der Waals surface area contributed by atoms with E-state index in [1.165, 1.54) is 16.8 Å². The number of aryl methyl sites for hydroxylation is 1. The summed E-state index contributed by atoms with van der Waals surface area (Å²) in [6, 6.07) is 3.81. The first-order valence-electron chi connectivity index (χ1n) is 11.4. The van der Waals surface area contributed by atoms with Crippen LogP contribution in [0, 0.1) is 17.7 Å². The Labute approximate surface area is 221 Å². The van der Waals surface area contributed by atoms with Gasteiger partial charge in [0.2, 0.25) is 0 Å². The molecule has 0 spiro atoms. The number of fused-ring (bicyclic) bond motifs is 1. The number of nitrogens with zero attached hydrogens (tertiary/aromatic N) is 3. The molecule has 2 unspecified atom stereocenters. The molecule has 0 aliphatic heterocycles. The molecular weight excluding hydrogens is 584 g/mol. The minimum atomic E-state index is -4.65. The number of halogens is 6. The number of anilines is 2. The van der Waals surface area contributed by atoms with Gasteiger partial charge in [0.25, 0.3) is 5.91 Å². The molecule has 2 heterocycles. The molecule has 198 valence electrons. The third kappa shape index (κ3) is 4.50. The van der Waals surface area contributed by atoms with Crippen molar-refractivity contribution in [3.63, 3.8) is 0 Å². The van der Waals surface area contributed by atoms with Crippen LogP contribution in [0.1, 0.15) is 59.0 Å². The van der Waals surface area contributed by atoms with Crippen LogP contribution in [0.2, 0.25) is 5.02 Å². The van der Waals surface area contributed by atoms with Gasteiger partial charge in [0.1, 0.15) is 22.8 Å². The van der Waals surface area contributed by atoms with E-state index in [0.717, 1.165) is 6.07 Å². The Morgan fingerprint density at radius 1 is 1.32 bits per heavy atom. The van der Waals surface area contributed by atoms with Gasteiger partial charge < -0.3 is 16.2 Å². The Morgan fingerprint density at radius 3 is 2.54 bits per heavy atom. The second-order valence-electron chi connectivity index (χ2n) is 9.74. The summed E-state index contributed by atoms with van der Waals surface area (Å²) < 4.78 is 54.2. The highest BCUT2D eigenvalue weighted by Crippen LogP contribution is 2.58. The number of carbonyl (C=O) groups excluding carboxylic acids is 1. The van der Waals surface area contributed by atoms with E-state index in [-0.39, 0.29) is 57.2 Å². The number of nitrogens with two attached hydrogens (primary N) is 1. The van der Waals surface area contributed by atoms with Gasteiger partial charge in [-0.05, 0) is 71.6 Å². The monoisotopic (exact) mass is 604 g/mol. The Balaban J connectivity index is 1.35. The lowest BCUT2D eigenvalue weighted by Gasteiger charge is -2.24. The van der Waals surface area contributed by atoms with Crippen molar-refractivity contribution >= 4 is 44.9 Å². The van der Waals surface area contributed by atoms with Crippen molar-refractivity contribution in [1.29, 1.82) is 0 Å². The average molecular weight is 606 g/mol. The van der Waals surface area contributed by atoms with Gasteiger partial charge in [-0.25, -0.2) is 4.39 Å². The summed E-state index contributed by atoms with van der Waals surface area (Å²) in [6.45, 7) is 0. The van der Waals surface area contributed by atoms with E-state index in [2.05, 4.69) is 36.5 Å². The van der Waals surface area contributed by atoms with Crippen molar-refractivity contribution in [3.8, 4) is 0 Å². The number of hydrogen-bond acceptors (Lipinski definition) is 5. The zero-order chi connectivity index (χ0) is 26.9. The highest BCUT2D eigenvalue weighted by Gasteiger charge is 2.53. The summed E-state index contributed by atoms with van der Waals surface area (Å²) in [4.78, 5) is 13.1. The summed E-state index contributed by atoms with van der Waals surface area (Å²) in [6.07, 6.45) is -3.03. The smallest absolute Gasteiger partial charge is 0.384 e. The molecule has 2 saturated carbocycles. The van der Waals surface area contributed by atoms with Crippen LogP contribution < -0.4 is 11.1 Å². The van der Waals surface area contributed by atoms with E-state index < -0.39 is 29.2 Å². The molecule has 2 aromatic heterocycles. The molecule has 3 aromatic rings. The van der Waals surface area contributed by atoms with Crippen molar-refractivity contribution in [2.45, 2.75) is 43.4 Å². The summed E-state index contributed by atoms with van der Waals surface area (Å²) in [5.74, 6) is -1.12. The zero-order valence-electron chi connectivity index (χ0n) is 19.3. The number of amides is 1. The number of carbonyl (C=O) groups is 1. The predicted molar refractivity (Wildman–Crippen MR) is 130 cm³/mol. The number of alkyl halides is 3. The number of nitrogen functional groups attached to an aromatic ring is 1. The van der Waals surface area contributed by atoms with Crippen LogP contribution in [0.25, 0.3) is 0 Å². The third-order valence-electron chi connectivity index (χ3n) is 7.39. The Morgan fingerprint density at radius 2 is 1.97 bits per heavy atom. The van der Waals surface area contributed by atoms with Crippen molar-refractivity contribution in [3.05, 3.63) is 56.2 Å². The van der Waals surface area contributed by atoms with Crippen LogP contribution in [0.5, 0.6) is 0 Å². The lowest BCUT2D eigenvalue weighted by molar-refractivity contribution is -0.141. The predicted octanol–water partition coefficient (Wildman–Crippen LogP) is 5.34. The maximum Gasteiger partial charge on any atom is 0.436 e. The topological polar surface area (TPSA) is 122 Å². The van der Waals surface area contributed by atoms with E-state index in [1.807, 2.05) is 0 Å². The number of benzene rings is 1. The molecule has 2 aliphatic rings. The molecule has 2 atom stereocenters. The van der Waals surface area contributed by atoms with Crippen LogP contribution in [0.3, 0.4) is 0 Å². The molecule has 0 radical (unpaired) electrons. The quantitative estimate of drug-likeness (QED) is 0.299. The molecule has 37 heavy (non-hydrogen) atoms. The van der Waals surface area contributed by atoms with Crippen LogP contribution in [0.15, 0.2) is 22.7 Å². The average Bonchev–Trinajstić information content (AvgIpc) is 3.52. The van der Waals surface area contributed by atoms with Gasteiger partial charge in [-0.1, -0.05) is 11.6 Å². The summed E-state index contributed by atoms with van der Waals surface area (Å²) in [5, 5.41) is 24.0. The van der Waals surface area contributed by atoms with Gasteiger partial charge in [-0.15, -0.1) is 0 Å². The standard InChI is InChI=1S/C23H22BrClF4N6O2/c1-35-20(30)15(21(36)31-12-2-3-14(26)13(25)6-12)17(34-35)9-4-10-7-22(37,8-11(10)5-9)18-16(24)19(33-32-18)23(27,28)29/h2-3,6,9-11,37H,4-5,7-8,30H2,1H3,(H,31,36)(H,32,33). The molecule has 0 bridgehead atoms. The van der Waals surface area contributed by atoms with E-state index in [4.69, 9.17) is 17.3 Å². The number of aliphatic hydroxyl groups is 1. The molecular formula is C23H22BrClF4N6O2. The fraction of sp³-hybridized carbons (Fsp3) is 0.435.